The lowest BCUT2D eigenvalue weighted by molar-refractivity contribution is 0.176. The van der Waals surface area contributed by atoms with Crippen LogP contribution in [0.1, 0.15) is 12.8 Å². The van der Waals surface area contributed by atoms with Gasteiger partial charge in [0.15, 0.2) is 0 Å². The zero-order valence-corrected chi connectivity index (χ0v) is 9.20. The SMILES string of the molecule is O=c1c2cnc(N3CCCC3)nc2ccn1O. The predicted molar refractivity (Wildman–Crippen MR) is 62.4 cm³/mol. The molecular formula is C11H12N4O2. The number of fused-ring (bicyclic) bond motifs is 1. The average Bonchev–Trinajstić information content (AvgIpc) is 2.87. The van der Waals surface area contributed by atoms with Crippen molar-refractivity contribution in [2.75, 3.05) is 18.0 Å². The molecule has 3 heterocycles. The van der Waals surface area contributed by atoms with Crippen LogP contribution in [0.5, 0.6) is 0 Å². The van der Waals surface area contributed by atoms with Crippen molar-refractivity contribution in [3.05, 3.63) is 28.8 Å². The van der Waals surface area contributed by atoms with Gasteiger partial charge >= 0.3 is 0 Å². The second kappa shape index (κ2) is 3.73. The number of nitrogens with zero attached hydrogens (tertiary/aromatic N) is 4. The van der Waals surface area contributed by atoms with Gasteiger partial charge in [-0.3, -0.25) is 4.79 Å². The van der Waals surface area contributed by atoms with E-state index in [4.69, 9.17) is 0 Å². The Bertz CT molecular complexity index is 616. The number of aromatic nitrogens is 3. The summed E-state index contributed by atoms with van der Waals surface area (Å²) < 4.78 is 0.543. The molecule has 0 unspecified atom stereocenters. The molecule has 1 fully saturated rings. The lowest BCUT2D eigenvalue weighted by Crippen LogP contribution is -2.22. The zero-order chi connectivity index (χ0) is 11.8. The Kier molecular flexibility index (Phi) is 2.21. The summed E-state index contributed by atoms with van der Waals surface area (Å²) in [6, 6.07) is 1.61. The van der Waals surface area contributed by atoms with Gasteiger partial charge in [0.1, 0.15) is 0 Å². The first-order chi connectivity index (χ1) is 8.25. The Morgan fingerprint density at radius 2 is 2.06 bits per heavy atom. The Hall–Kier alpha value is -2.11. The zero-order valence-electron chi connectivity index (χ0n) is 9.20. The predicted octanol–water partition coefficient (Wildman–Crippen LogP) is 0.629. The molecule has 0 saturated carbocycles. The van der Waals surface area contributed by atoms with E-state index >= 15 is 0 Å². The average molecular weight is 232 g/mol. The third kappa shape index (κ3) is 1.61. The van der Waals surface area contributed by atoms with Gasteiger partial charge in [-0.25, -0.2) is 9.97 Å². The molecule has 0 radical (unpaired) electrons. The van der Waals surface area contributed by atoms with E-state index in [1.807, 2.05) is 0 Å². The number of pyridine rings is 1. The topological polar surface area (TPSA) is 71.2 Å². The maximum Gasteiger partial charge on any atom is 0.293 e. The van der Waals surface area contributed by atoms with Gasteiger partial charge < -0.3 is 10.1 Å². The van der Waals surface area contributed by atoms with E-state index in [1.165, 1.54) is 12.4 Å². The molecule has 0 spiro atoms. The molecule has 0 aromatic carbocycles. The molecule has 6 heteroatoms. The van der Waals surface area contributed by atoms with Crippen LogP contribution in [0.25, 0.3) is 10.9 Å². The molecule has 6 nitrogen and oxygen atoms in total. The van der Waals surface area contributed by atoms with E-state index in [0.717, 1.165) is 25.9 Å². The van der Waals surface area contributed by atoms with Crippen molar-refractivity contribution in [3.8, 4) is 0 Å². The van der Waals surface area contributed by atoms with Crippen LogP contribution >= 0.6 is 0 Å². The summed E-state index contributed by atoms with van der Waals surface area (Å²) in [6.07, 6.45) is 5.08. The van der Waals surface area contributed by atoms with Gasteiger partial charge in [0, 0.05) is 25.5 Å². The van der Waals surface area contributed by atoms with Gasteiger partial charge in [0.25, 0.3) is 5.56 Å². The lowest BCUT2D eigenvalue weighted by atomic mass is 10.3. The molecule has 1 aliphatic rings. The molecule has 88 valence electrons. The van der Waals surface area contributed by atoms with E-state index in [-0.39, 0.29) is 0 Å². The van der Waals surface area contributed by atoms with Crippen LogP contribution in [0.4, 0.5) is 5.95 Å². The van der Waals surface area contributed by atoms with E-state index in [0.29, 0.717) is 21.6 Å². The molecule has 2 aromatic heterocycles. The van der Waals surface area contributed by atoms with Crippen LogP contribution in [0.3, 0.4) is 0 Å². The molecule has 2 aromatic rings. The summed E-state index contributed by atoms with van der Waals surface area (Å²) >= 11 is 0. The van der Waals surface area contributed by atoms with Gasteiger partial charge in [-0.15, -0.1) is 0 Å². The Labute approximate surface area is 97.1 Å². The fraction of sp³-hybridized carbons (Fsp3) is 0.364. The standard InChI is InChI=1S/C11H12N4O2/c16-10-8-7-12-11(14-4-1-2-5-14)13-9(8)3-6-15(10)17/h3,6-7,17H,1-2,4-5H2. The molecule has 0 atom stereocenters. The number of rotatable bonds is 1. The van der Waals surface area contributed by atoms with Crippen LogP contribution in [-0.2, 0) is 0 Å². The second-order valence-electron chi connectivity index (χ2n) is 4.13. The maximum atomic E-state index is 11.6. The third-order valence-electron chi connectivity index (χ3n) is 3.01. The summed E-state index contributed by atoms with van der Waals surface area (Å²) in [6.45, 7) is 1.92. The Morgan fingerprint density at radius 3 is 2.82 bits per heavy atom. The second-order valence-corrected chi connectivity index (χ2v) is 4.13. The highest BCUT2D eigenvalue weighted by atomic mass is 16.5. The quantitative estimate of drug-likeness (QED) is 0.730. The summed E-state index contributed by atoms with van der Waals surface area (Å²) in [5.41, 5.74) is 0.0765. The summed E-state index contributed by atoms with van der Waals surface area (Å²) in [5, 5.41) is 9.57. The smallest absolute Gasteiger partial charge is 0.293 e. The van der Waals surface area contributed by atoms with Crippen molar-refractivity contribution >= 4 is 16.9 Å². The molecule has 3 rings (SSSR count). The molecule has 17 heavy (non-hydrogen) atoms. The van der Waals surface area contributed by atoms with Crippen molar-refractivity contribution in [2.24, 2.45) is 0 Å². The van der Waals surface area contributed by atoms with Gasteiger partial charge in [-0.2, -0.15) is 4.73 Å². The van der Waals surface area contributed by atoms with Crippen LogP contribution < -0.4 is 10.5 Å². The maximum absolute atomic E-state index is 11.6. The molecule has 1 aliphatic heterocycles. The van der Waals surface area contributed by atoms with E-state index in [9.17, 15) is 10.0 Å². The van der Waals surface area contributed by atoms with Gasteiger partial charge in [-0.1, -0.05) is 0 Å². The molecule has 1 N–H and O–H groups in total. The minimum atomic E-state index is -0.490. The molecule has 0 bridgehead atoms. The van der Waals surface area contributed by atoms with Gasteiger partial charge in [-0.05, 0) is 18.9 Å². The van der Waals surface area contributed by atoms with Crippen molar-refractivity contribution in [1.29, 1.82) is 0 Å². The van der Waals surface area contributed by atoms with Crippen LogP contribution in [0.2, 0.25) is 0 Å². The fourth-order valence-electron chi connectivity index (χ4n) is 2.08. The minimum Gasteiger partial charge on any atom is -0.425 e. The highest BCUT2D eigenvalue weighted by molar-refractivity contribution is 5.77. The highest BCUT2D eigenvalue weighted by Gasteiger charge is 2.15. The van der Waals surface area contributed by atoms with E-state index < -0.39 is 5.56 Å². The van der Waals surface area contributed by atoms with E-state index in [1.54, 1.807) is 6.07 Å². The number of hydrogen-bond donors (Lipinski definition) is 1. The first-order valence-corrected chi connectivity index (χ1v) is 5.58. The first-order valence-electron chi connectivity index (χ1n) is 5.58. The Balaban J connectivity index is 2.13. The summed E-state index contributed by atoms with van der Waals surface area (Å²) in [5.74, 6) is 0.657. The third-order valence-corrected chi connectivity index (χ3v) is 3.01. The lowest BCUT2D eigenvalue weighted by Gasteiger charge is -2.14. The first kappa shape index (κ1) is 10.1. The normalized spacial score (nSPS) is 15.6. The number of hydrogen-bond acceptors (Lipinski definition) is 5. The van der Waals surface area contributed by atoms with Crippen molar-refractivity contribution in [1.82, 2.24) is 14.7 Å². The Morgan fingerprint density at radius 1 is 1.29 bits per heavy atom. The fourth-order valence-corrected chi connectivity index (χ4v) is 2.08. The molecule has 1 saturated heterocycles. The monoisotopic (exact) mass is 232 g/mol. The van der Waals surface area contributed by atoms with Crippen molar-refractivity contribution in [3.63, 3.8) is 0 Å². The molecule has 0 aliphatic carbocycles. The van der Waals surface area contributed by atoms with Gasteiger partial charge in [0.05, 0.1) is 10.9 Å². The van der Waals surface area contributed by atoms with Crippen LogP contribution in [-0.4, -0.2) is 33.0 Å². The summed E-state index contributed by atoms with van der Waals surface area (Å²) in [4.78, 5) is 22.2. The van der Waals surface area contributed by atoms with Crippen molar-refractivity contribution < 1.29 is 5.21 Å². The van der Waals surface area contributed by atoms with Crippen molar-refractivity contribution in [2.45, 2.75) is 12.8 Å². The minimum absolute atomic E-state index is 0.331. The largest absolute Gasteiger partial charge is 0.425 e. The summed E-state index contributed by atoms with van der Waals surface area (Å²) in [7, 11) is 0. The molecule has 0 amide bonds. The van der Waals surface area contributed by atoms with Crippen LogP contribution in [0.15, 0.2) is 23.3 Å². The van der Waals surface area contributed by atoms with E-state index in [2.05, 4.69) is 14.9 Å². The number of anilines is 1. The van der Waals surface area contributed by atoms with Crippen LogP contribution in [0, 0.1) is 0 Å². The molecular weight excluding hydrogens is 220 g/mol. The highest BCUT2D eigenvalue weighted by Crippen LogP contribution is 2.17. The van der Waals surface area contributed by atoms with Gasteiger partial charge in [0.2, 0.25) is 5.95 Å².